The maximum Gasteiger partial charge on any atom is 0.224 e. The van der Waals surface area contributed by atoms with Crippen molar-refractivity contribution in [1.29, 1.82) is 0 Å². The van der Waals surface area contributed by atoms with E-state index in [0.717, 1.165) is 16.2 Å². The van der Waals surface area contributed by atoms with E-state index in [1.165, 1.54) is 11.3 Å². The zero-order chi connectivity index (χ0) is 15.8. The summed E-state index contributed by atoms with van der Waals surface area (Å²) in [6.45, 7) is 3.04. The van der Waals surface area contributed by atoms with E-state index in [4.69, 9.17) is 4.74 Å². The van der Waals surface area contributed by atoms with E-state index in [0.29, 0.717) is 26.0 Å². The summed E-state index contributed by atoms with van der Waals surface area (Å²) in [4.78, 5) is 12.8. The van der Waals surface area contributed by atoms with Crippen LogP contribution in [0.15, 0.2) is 41.8 Å². The molecule has 0 saturated heterocycles. The van der Waals surface area contributed by atoms with Crippen LogP contribution in [-0.4, -0.2) is 24.2 Å². The smallest absolute Gasteiger partial charge is 0.224 e. The van der Waals surface area contributed by atoms with Crippen molar-refractivity contribution in [2.75, 3.05) is 13.2 Å². The Hall–Kier alpha value is -1.85. The van der Waals surface area contributed by atoms with E-state index in [9.17, 15) is 9.90 Å². The van der Waals surface area contributed by atoms with Crippen LogP contribution in [0.1, 0.15) is 29.9 Å². The van der Waals surface area contributed by atoms with Gasteiger partial charge < -0.3 is 15.2 Å². The van der Waals surface area contributed by atoms with Crippen LogP contribution >= 0.6 is 11.3 Å². The molecule has 2 aromatic rings. The standard InChI is InChI=1S/C17H21NO3S/c1-2-21-14-7-5-13(6-8-14)12-17(20)18-10-9-15(19)16-4-3-11-22-16/h3-8,11,15,19H,2,9-10,12H2,1H3,(H,18,20). The van der Waals surface area contributed by atoms with Crippen LogP contribution < -0.4 is 10.1 Å². The molecule has 0 radical (unpaired) electrons. The number of hydrogen-bond acceptors (Lipinski definition) is 4. The fourth-order valence-electron chi connectivity index (χ4n) is 2.09. The average molecular weight is 319 g/mol. The Balaban J connectivity index is 1.71. The summed E-state index contributed by atoms with van der Waals surface area (Å²) >= 11 is 1.52. The molecule has 1 atom stereocenters. The Kier molecular flexibility index (Phi) is 6.43. The molecule has 118 valence electrons. The number of benzene rings is 1. The molecule has 0 aliphatic rings. The molecule has 0 spiro atoms. The zero-order valence-electron chi connectivity index (χ0n) is 12.6. The number of amides is 1. The molecule has 0 bridgehead atoms. The molecule has 22 heavy (non-hydrogen) atoms. The van der Waals surface area contributed by atoms with E-state index >= 15 is 0 Å². The lowest BCUT2D eigenvalue weighted by Gasteiger charge is -2.10. The molecular formula is C17H21NO3S. The number of nitrogens with one attached hydrogen (secondary N) is 1. The van der Waals surface area contributed by atoms with Crippen LogP contribution in [0.25, 0.3) is 0 Å². The molecule has 2 rings (SSSR count). The van der Waals surface area contributed by atoms with Gasteiger partial charge in [0.1, 0.15) is 5.75 Å². The lowest BCUT2D eigenvalue weighted by molar-refractivity contribution is -0.120. The van der Waals surface area contributed by atoms with Gasteiger partial charge in [-0.25, -0.2) is 0 Å². The highest BCUT2D eigenvalue weighted by Crippen LogP contribution is 2.20. The molecule has 0 saturated carbocycles. The van der Waals surface area contributed by atoms with Crippen LogP contribution in [0.3, 0.4) is 0 Å². The van der Waals surface area contributed by atoms with Crippen molar-refractivity contribution in [2.45, 2.75) is 25.9 Å². The largest absolute Gasteiger partial charge is 0.494 e. The summed E-state index contributed by atoms with van der Waals surface area (Å²) in [5.74, 6) is 0.772. The first kappa shape index (κ1) is 16.5. The van der Waals surface area contributed by atoms with E-state index in [2.05, 4.69) is 5.32 Å². The molecule has 1 heterocycles. The Labute approximate surface area is 134 Å². The lowest BCUT2D eigenvalue weighted by Crippen LogP contribution is -2.27. The maximum absolute atomic E-state index is 11.9. The van der Waals surface area contributed by atoms with E-state index in [1.54, 1.807) is 0 Å². The van der Waals surface area contributed by atoms with Gasteiger partial charge in [-0.2, -0.15) is 0 Å². The van der Waals surface area contributed by atoms with Crippen LogP contribution in [0, 0.1) is 0 Å². The fourth-order valence-corrected chi connectivity index (χ4v) is 2.84. The van der Waals surface area contributed by atoms with Crippen LogP contribution in [0.4, 0.5) is 0 Å². The third kappa shape index (κ3) is 5.16. The van der Waals surface area contributed by atoms with Gasteiger partial charge in [-0.05, 0) is 42.5 Å². The van der Waals surface area contributed by atoms with Gasteiger partial charge >= 0.3 is 0 Å². The molecule has 1 amide bonds. The summed E-state index contributed by atoms with van der Waals surface area (Å²) in [5.41, 5.74) is 0.944. The van der Waals surface area contributed by atoms with Crippen molar-refractivity contribution in [3.63, 3.8) is 0 Å². The van der Waals surface area contributed by atoms with Gasteiger partial charge in [0, 0.05) is 11.4 Å². The second-order valence-electron chi connectivity index (χ2n) is 4.92. The second-order valence-corrected chi connectivity index (χ2v) is 5.90. The van der Waals surface area contributed by atoms with Crippen LogP contribution in [-0.2, 0) is 11.2 Å². The summed E-state index contributed by atoms with van der Waals surface area (Å²) in [7, 11) is 0. The SMILES string of the molecule is CCOc1ccc(CC(=O)NCCC(O)c2cccs2)cc1. The predicted molar refractivity (Wildman–Crippen MR) is 88.2 cm³/mol. The van der Waals surface area contributed by atoms with Crippen LogP contribution in [0.5, 0.6) is 5.75 Å². The molecular weight excluding hydrogens is 298 g/mol. The van der Waals surface area contributed by atoms with E-state index < -0.39 is 6.10 Å². The number of carbonyl (C=O) groups is 1. The average Bonchev–Trinajstić information content (AvgIpc) is 3.04. The Bertz CT molecular complexity index is 566. The van der Waals surface area contributed by atoms with Gasteiger partial charge in [0.2, 0.25) is 5.91 Å². The molecule has 1 aromatic carbocycles. The van der Waals surface area contributed by atoms with Gasteiger partial charge in [-0.1, -0.05) is 18.2 Å². The minimum Gasteiger partial charge on any atom is -0.494 e. The van der Waals surface area contributed by atoms with Crippen LogP contribution in [0.2, 0.25) is 0 Å². The molecule has 1 aromatic heterocycles. The normalized spacial score (nSPS) is 11.9. The van der Waals surface area contributed by atoms with Crippen molar-refractivity contribution in [2.24, 2.45) is 0 Å². The first-order valence-electron chi connectivity index (χ1n) is 7.39. The first-order valence-corrected chi connectivity index (χ1v) is 8.27. The summed E-state index contributed by atoms with van der Waals surface area (Å²) in [6, 6.07) is 11.3. The first-order chi connectivity index (χ1) is 10.7. The summed E-state index contributed by atoms with van der Waals surface area (Å²) in [6.07, 6.45) is 0.350. The molecule has 0 fully saturated rings. The van der Waals surface area contributed by atoms with E-state index in [-0.39, 0.29) is 5.91 Å². The Morgan fingerprint density at radius 1 is 1.32 bits per heavy atom. The molecule has 4 nitrogen and oxygen atoms in total. The zero-order valence-corrected chi connectivity index (χ0v) is 13.4. The molecule has 1 unspecified atom stereocenters. The third-order valence-electron chi connectivity index (χ3n) is 3.21. The van der Waals surface area contributed by atoms with Crippen molar-refractivity contribution in [3.05, 3.63) is 52.2 Å². The maximum atomic E-state index is 11.9. The van der Waals surface area contributed by atoms with Crippen molar-refractivity contribution in [1.82, 2.24) is 5.32 Å². The predicted octanol–water partition coefficient (Wildman–Crippen LogP) is 2.93. The quantitative estimate of drug-likeness (QED) is 0.786. The highest BCUT2D eigenvalue weighted by Gasteiger charge is 2.09. The number of aliphatic hydroxyl groups is 1. The van der Waals surface area contributed by atoms with Gasteiger partial charge in [-0.15, -0.1) is 11.3 Å². The monoisotopic (exact) mass is 319 g/mol. The highest BCUT2D eigenvalue weighted by atomic mass is 32.1. The van der Waals surface area contributed by atoms with Crippen molar-refractivity contribution < 1.29 is 14.6 Å². The van der Waals surface area contributed by atoms with Gasteiger partial charge in [0.15, 0.2) is 0 Å². The number of hydrogen-bond donors (Lipinski definition) is 2. The van der Waals surface area contributed by atoms with Gasteiger partial charge in [0.25, 0.3) is 0 Å². The van der Waals surface area contributed by atoms with E-state index in [1.807, 2.05) is 48.7 Å². The number of ether oxygens (including phenoxy) is 1. The molecule has 5 heteroatoms. The van der Waals surface area contributed by atoms with Gasteiger partial charge in [0.05, 0.1) is 19.1 Å². The Morgan fingerprint density at radius 2 is 2.09 bits per heavy atom. The number of rotatable bonds is 8. The summed E-state index contributed by atoms with van der Waals surface area (Å²) in [5, 5.41) is 14.7. The van der Waals surface area contributed by atoms with Gasteiger partial charge in [-0.3, -0.25) is 4.79 Å². The minimum atomic E-state index is -0.509. The summed E-state index contributed by atoms with van der Waals surface area (Å²) < 4.78 is 5.37. The van der Waals surface area contributed by atoms with Crippen molar-refractivity contribution in [3.8, 4) is 5.75 Å². The number of aliphatic hydroxyl groups excluding tert-OH is 1. The van der Waals surface area contributed by atoms with Crippen molar-refractivity contribution >= 4 is 17.2 Å². The fraction of sp³-hybridized carbons (Fsp3) is 0.353. The number of thiophene rings is 1. The number of carbonyl (C=O) groups excluding carboxylic acids is 1. The topological polar surface area (TPSA) is 58.6 Å². The lowest BCUT2D eigenvalue weighted by atomic mass is 10.1. The molecule has 2 N–H and O–H groups in total. The second kappa shape index (κ2) is 8.56. The highest BCUT2D eigenvalue weighted by molar-refractivity contribution is 7.10. The Morgan fingerprint density at radius 3 is 2.73 bits per heavy atom. The third-order valence-corrected chi connectivity index (χ3v) is 4.18. The molecule has 0 aliphatic heterocycles. The minimum absolute atomic E-state index is 0.0393. The molecule has 0 aliphatic carbocycles.